The summed E-state index contributed by atoms with van der Waals surface area (Å²) in [6.45, 7) is 2.79. The third-order valence-corrected chi connectivity index (χ3v) is 5.67. The van der Waals surface area contributed by atoms with Crippen molar-refractivity contribution in [2.45, 2.75) is 19.8 Å². The Bertz CT molecular complexity index is 1130. The van der Waals surface area contributed by atoms with Crippen LogP contribution in [0.3, 0.4) is 0 Å². The molecular weight excluding hydrogens is 402 g/mol. The van der Waals surface area contributed by atoms with Crippen molar-refractivity contribution in [1.82, 2.24) is 0 Å². The van der Waals surface area contributed by atoms with Crippen molar-refractivity contribution in [1.29, 1.82) is 0 Å². The van der Waals surface area contributed by atoms with Crippen LogP contribution in [0.15, 0.2) is 66.7 Å². The number of carbonyl (C=O) groups is 2. The fraction of sp³-hybridized carbons (Fsp3) is 0.231. The summed E-state index contributed by atoms with van der Waals surface area (Å²) in [7, 11) is 1.65. The van der Waals surface area contributed by atoms with E-state index in [4.69, 9.17) is 4.74 Å². The highest BCUT2D eigenvalue weighted by Crippen LogP contribution is 2.30. The van der Waals surface area contributed by atoms with Gasteiger partial charge in [-0.15, -0.1) is 0 Å². The fourth-order valence-electron chi connectivity index (χ4n) is 3.90. The van der Waals surface area contributed by atoms with E-state index in [0.29, 0.717) is 12.1 Å². The van der Waals surface area contributed by atoms with Gasteiger partial charge in [0.15, 0.2) is 0 Å². The number of rotatable bonds is 6. The maximum absolute atomic E-state index is 13.0. The largest absolute Gasteiger partial charge is 0.497 e. The zero-order valence-electron chi connectivity index (χ0n) is 18.4. The van der Waals surface area contributed by atoms with Crippen LogP contribution in [0.4, 0.5) is 17.1 Å². The Labute approximate surface area is 188 Å². The molecule has 0 spiro atoms. The van der Waals surface area contributed by atoms with E-state index >= 15 is 0 Å². The number of carbonyl (C=O) groups excluding carboxylic acids is 2. The average Bonchev–Trinajstić information content (AvgIpc) is 2.83. The highest BCUT2D eigenvalue weighted by Gasteiger charge is 2.23. The van der Waals surface area contributed by atoms with Gasteiger partial charge in [-0.05, 0) is 73.4 Å². The highest BCUT2D eigenvalue weighted by atomic mass is 16.5. The minimum atomic E-state index is -0.190. The maximum atomic E-state index is 13.0. The molecule has 0 bridgehead atoms. The van der Waals surface area contributed by atoms with Gasteiger partial charge in [-0.2, -0.15) is 0 Å². The van der Waals surface area contributed by atoms with Crippen molar-refractivity contribution in [3.63, 3.8) is 0 Å². The number of hydrogen-bond acceptors (Lipinski definition) is 4. The number of para-hydroxylation sites is 1. The zero-order valence-corrected chi connectivity index (χ0v) is 18.4. The van der Waals surface area contributed by atoms with Crippen LogP contribution in [0.5, 0.6) is 5.75 Å². The van der Waals surface area contributed by atoms with E-state index < -0.39 is 0 Å². The molecule has 0 atom stereocenters. The standard InChI is InChI=1S/C26H27N3O3/c1-18-10-11-20(26(31)28-21-8-4-3-5-9-21)16-23(18)27-17-25(30)29-14-6-7-19-15-22(32-2)12-13-24(19)29/h3-5,8-13,15-16,27H,6-7,14,17H2,1-2H3,(H,28,31). The molecule has 3 aromatic rings. The molecule has 2 amide bonds. The smallest absolute Gasteiger partial charge is 0.255 e. The lowest BCUT2D eigenvalue weighted by atomic mass is 10.0. The molecule has 164 valence electrons. The van der Waals surface area contributed by atoms with Gasteiger partial charge in [0.25, 0.3) is 5.91 Å². The summed E-state index contributed by atoms with van der Waals surface area (Å²) in [6, 6.07) is 20.6. The number of fused-ring (bicyclic) bond motifs is 1. The maximum Gasteiger partial charge on any atom is 0.255 e. The normalized spacial score (nSPS) is 12.6. The van der Waals surface area contributed by atoms with Crippen molar-refractivity contribution in [2.75, 3.05) is 35.7 Å². The lowest BCUT2D eigenvalue weighted by molar-refractivity contribution is -0.117. The van der Waals surface area contributed by atoms with Crippen molar-refractivity contribution in [2.24, 2.45) is 0 Å². The van der Waals surface area contributed by atoms with E-state index in [9.17, 15) is 9.59 Å². The van der Waals surface area contributed by atoms with Crippen LogP contribution in [0.1, 0.15) is 27.9 Å². The van der Waals surface area contributed by atoms with E-state index in [0.717, 1.165) is 46.8 Å². The third-order valence-electron chi connectivity index (χ3n) is 5.67. The van der Waals surface area contributed by atoms with Crippen LogP contribution in [-0.4, -0.2) is 32.0 Å². The number of aryl methyl sites for hydroxylation is 2. The lowest BCUT2D eigenvalue weighted by Crippen LogP contribution is -2.39. The monoisotopic (exact) mass is 429 g/mol. The minimum absolute atomic E-state index is 0.00495. The predicted octanol–water partition coefficient (Wildman–Crippen LogP) is 4.65. The average molecular weight is 430 g/mol. The second-order valence-corrected chi connectivity index (χ2v) is 7.85. The molecule has 1 aliphatic rings. The van der Waals surface area contributed by atoms with Crippen LogP contribution in [0.25, 0.3) is 0 Å². The van der Waals surface area contributed by atoms with E-state index in [2.05, 4.69) is 10.6 Å². The molecule has 6 heteroatoms. The van der Waals surface area contributed by atoms with Crippen LogP contribution in [-0.2, 0) is 11.2 Å². The molecule has 0 saturated carbocycles. The molecule has 3 aromatic carbocycles. The van der Waals surface area contributed by atoms with Gasteiger partial charge in [-0.25, -0.2) is 0 Å². The van der Waals surface area contributed by atoms with Gasteiger partial charge in [-0.3, -0.25) is 9.59 Å². The number of nitrogens with one attached hydrogen (secondary N) is 2. The van der Waals surface area contributed by atoms with E-state index in [1.165, 1.54) is 0 Å². The molecule has 0 aliphatic carbocycles. The number of anilines is 3. The molecule has 1 heterocycles. The Morgan fingerprint density at radius 2 is 1.84 bits per heavy atom. The number of amides is 2. The summed E-state index contributed by atoms with van der Waals surface area (Å²) in [4.78, 5) is 27.5. The first-order chi connectivity index (χ1) is 15.5. The van der Waals surface area contributed by atoms with Gasteiger partial charge in [0, 0.05) is 29.2 Å². The zero-order chi connectivity index (χ0) is 22.5. The predicted molar refractivity (Wildman–Crippen MR) is 128 cm³/mol. The number of methoxy groups -OCH3 is 1. The second-order valence-electron chi connectivity index (χ2n) is 7.85. The summed E-state index contributed by atoms with van der Waals surface area (Å²) >= 11 is 0. The number of hydrogen-bond donors (Lipinski definition) is 2. The van der Waals surface area contributed by atoms with Crippen LogP contribution in [0, 0.1) is 6.92 Å². The molecule has 6 nitrogen and oxygen atoms in total. The Hall–Kier alpha value is -3.80. The molecule has 0 fully saturated rings. The quantitative estimate of drug-likeness (QED) is 0.599. The number of nitrogens with zero attached hydrogens (tertiary/aromatic N) is 1. The molecule has 0 unspecified atom stereocenters. The minimum Gasteiger partial charge on any atom is -0.497 e. The lowest BCUT2D eigenvalue weighted by Gasteiger charge is -2.30. The van der Waals surface area contributed by atoms with E-state index in [-0.39, 0.29) is 18.4 Å². The molecule has 0 saturated heterocycles. The SMILES string of the molecule is COc1ccc2c(c1)CCCN2C(=O)CNc1cc(C(=O)Nc2ccccc2)ccc1C. The molecule has 0 aromatic heterocycles. The van der Waals surface area contributed by atoms with Gasteiger partial charge in [-0.1, -0.05) is 24.3 Å². The summed E-state index contributed by atoms with van der Waals surface area (Å²) in [5.74, 6) is 0.608. The van der Waals surface area contributed by atoms with Crippen LogP contribution in [0.2, 0.25) is 0 Å². The van der Waals surface area contributed by atoms with Gasteiger partial charge < -0.3 is 20.3 Å². The highest BCUT2D eigenvalue weighted by molar-refractivity contribution is 6.05. The van der Waals surface area contributed by atoms with Crippen molar-refractivity contribution >= 4 is 28.9 Å². The summed E-state index contributed by atoms with van der Waals surface area (Å²) < 4.78 is 5.31. The van der Waals surface area contributed by atoms with Gasteiger partial charge >= 0.3 is 0 Å². The Balaban J connectivity index is 1.44. The summed E-state index contributed by atoms with van der Waals surface area (Å²) in [6.07, 6.45) is 1.85. The van der Waals surface area contributed by atoms with Crippen LogP contribution < -0.4 is 20.3 Å². The molecule has 4 rings (SSSR count). The third kappa shape index (κ3) is 4.75. The number of benzene rings is 3. The van der Waals surface area contributed by atoms with Gasteiger partial charge in [0.2, 0.25) is 5.91 Å². The molecule has 0 radical (unpaired) electrons. The van der Waals surface area contributed by atoms with E-state index in [1.807, 2.05) is 66.4 Å². The Morgan fingerprint density at radius 1 is 1.03 bits per heavy atom. The van der Waals surface area contributed by atoms with Crippen LogP contribution >= 0.6 is 0 Å². The Morgan fingerprint density at radius 3 is 2.62 bits per heavy atom. The molecule has 1 aliphatic heterocycles. The first-order valence-corrected chi connectivity index (χ1v) is 10.7. The van der Waals surface area contributed by atoms with Crippen molar-refractivity contribution in [3.05, 3.63) is 83.4 Å². The summed E-state index contributed by atoms with van der Waals surface area (Å²) in [5.41, 5.74) is 5.08. The fourth-order valence-corrected chi connectivity index (χ4v) is 3.90. The van der Waals surface area contributed by atoms with Gasteiger partial charge in [0.1, 0.15) is 5.75 Å². The summed E-state index contributed by atoms with van der Waals surface area (Å²) in [5, 5.41) is 6.12. The molecular formula is C26H27N3O3. The first kappa shape index (κ1) is 21.4. The molecule has 32 heavy (non-hydrogen) atoms. The molecule has 2 N–H and O–H groups in total. The van der Waals surface area contributed by atoms with Crippen molar-refractivity contribution < 1.29 is 14.3 Å². The number of ether oxygens (including phenoxy) is 1. The second kappa shape index (κ2) is 9.56. The Kier molecular flexibility index (Phi) is 6.40. The van der Waals surface area contributed by atoms with E-state index in [1.54, 1.807) is 19.2 Å². The van der Waals surface area contributed by atoms with Gasteiger partial charge in [0.05, 0.1) is 13.7 Å². The first-order valence-electron chi connectivity index (χ1n) is 10.7. The van der Waals surface area contributed by atoms with Crippen molar-refractivity contribution in [3.8, 4) is 5.75 Å². The topological polar surface area (TPSA) is 70.7 Å².